The Morgan fingerprint density at radius 1 is 0.966 bits per heavy atom. The number of imidazole rings is 1. The van der Waals surface area contributed by atoms with Crippen LogP contribution in [-0.4, -0.2) is 46.2 Å². The molecule has 150 valence electrons. The lowest BCUT2D eigenvalue weighted by molar-refractivity contribution is -0.186. The van der Waals surface area contributed by atoms with Crippen molar-refractivity contribution in [1.82, 2.24) is 19.9 Å². The number of nitrogens with zero attached hydrogens (tertiary/aromatic N) is 4. The van der Waals surface area contributed by atoms with Gasteiger partial charge < -0.3 is 19.4 Å². The fourth-order valence-corrected chi connectivity index (χ4v) is 3.71. The summed E-state index contributed by atoms with van der Waals surface area (Å²) in [6.45, 7) is 3.18. The molecule has 0 aliphatic carbocycles. The van der Waals surface area contributed by atoms with E-state index in [9.17, 15) is 4.39 Å². The van der Waals surface area contributed by atoms with Crippen LogP contribution in [-0.2, 0) is 9.47 Å². The van der Waals surface area contributed by atoms with Gasteiger partial charge in [0.15, 0.2) is 5.82 Å². The number of hydrogen-bond donors (Lipinski definition) is 1. The maximum absolute atomic E-state index is 13.5. The first-order chi connectivity index (χ1) is 14.3. The van der Waals surface area contributed by atoms with E-state index < -0.39 is 6.29 Å². The molecule has 1 aromatic carbocycles. The SMILES string of the molecule is Fc1ccc(-c2nc(C3OCCCO3)[nH]c2-c2ccnc(N3CCCC3)n2)cc1. The van der Waals surface area contributed by atoms with Crippen LogP contribution in [0.25, 0.3) is 22.6 Å². The topological polar surface area (TPSA) is 76.2 Å². The first-order valence-electron chi connectivity index (χ1n) is 9.95. The van der Waals surface area contributed by atoms with E-state index in [1.807, 2.05) is 6.07 Å². The molecule has 1 N–H and O–H groups in total. The lowest BCUT2D eigenvalue weighted by atomic mass is 10.1. The van der Waals surface area contributed by atoms with E-state index in [4.69, 9.17) is 19.4 Å². The van der Waals surface area contributed by atoms with Crippen LogP contribution in [0.2, 0.25) is 0 Å². The smallest absolute Gasteiger partial charge is 0.225 e. The Bertz CT molecular complexity index is 979. The van der Waals surface area contributed by atoms with Gasteiger partial charge in [-0.3, -0.25) is 0 Å². The highest BCUT2D eigenvalue weighted by atomic mass is 19.1. The number of anilines is 1. The Kier molecular flexibility index (Phi) is 4.95. The quantitative estimate of drug-likeness (QED) is 0.726. The zero-order valence-corrected chi connectivity index (χ0v) is 16.0. The van der Waals surface area contributed by atoms with Gasteiger partial charge in [-0.2, -0.15) is 0 Å². The first-order valence-corrected chi connectivity index (χ1v) is 9.95. The number of aromatic amines is 1. The van der Waals surface area contributed by atoms with Crippen molar-refractivity contribution >= 4 is 5.95 Å². The molecule has 2 aliphatic rings. The largest absolute Gasteiger partial charge is 0.346 e. The third kappa shape index (κ3) is 3.73. The molecule has 0 bridgehead atoms. The van der Waals surface area contributed by atoms with Gasteiger partial charge in [0, 0.05) is 24.8 Å². The second kappa shape index (κ2) is 7.88. The summed E-state index contributed by atoms with van der Waals surface area (Å²) in [5.41, 5.74) is 2.95. The summed E-state index contributed by atoms with van der Waals surface area (Å²) in [6.07, 6.45) is 4.38. The van der Waals surface area contributed by atoms with Crippen LogP contribution in [0.3, 0.4) is 0 Å². The number of H-pyrrole nitrogens is 1. The van der Waals surface area contributed by atoms with Crippen molar-refractivity contribution in [3.05, 3.63) is 48.2 Å². The van der Waals surface area contributed by atoms with Crippen molar-refractivity contribution in [2.24, 2.45) is 0 Å². The number of hydrogen-bond acceptors (Lipinski definition) is 6. The van der Waals surface area contributed by atoms with Crippen molar-refractivity contribution < 1.29 is 13.9 Å². The standard InChI is InChI=1S/C21H22FN5O2/c22-15-6-4-14(5-7-15)17-18(26-19(25-17)20-28-12-3-13-29-20)16-8-9-23-21(24-16)27-10-1-2-11-27/h4-9,20H,1-3,10-13H2,(H,25,26). The molecule has 4 heterocycles. The number of rotatable bonds is 4. The summed E-state index contributed by atoms with van der Waals surface area (Å²) in [5.74, 6) is 1.01. The van der Waals surface area contributed by atoms with Gasteiger partial charge in [0.25, 0.3) is 0 Å². The van der Waals surface area contributed by atoms with E-state index in [2.05, 4.69) is 14.9 Å². The Balaban J connectivity index is 1.57. The third-order valence-corrected chi connectivity index (χ3v) is 5.18. The van der Waals surface area contributed by atoms with Gasteiger partial charge in [0.2, 0.25) is 12.2 Å². The molecule has 2 fully saturated rings. The highest BCUT2D eigenvalue weighted by Crippen LogP contribution is 2.33. The average Bonchev–Trinajstić information content (AvgIpc) is 3.46. The molecule has 0 saturated carbocycles. The highest BCUT2D eigenvalue weighted by Gasteiger charge is 2.25. The number of aromatic nitrogens is 4. The summed E-state index contributed by atoms with van der Waals surface area (Å²) >= 11 is 0. The zero-order chi connectivity index (χ0) is 19.6. The second-order valence-electron chi connectivity index (χ2n) is 7.22. The highest BCUT2D eigenvalue weighted by molar-refractivity contribution is 5.77. The van der Waals surface area contributed by atoms with Crippen LogP contribution in [0.4, 0.5) is 10.3 Å². The monoisotopic (exact) mass is 395 g/mol. The van der Waals surface area contributed by atoms with Crippen molar-refractivity contribution in [2.45, 2.75) is 25.6 Å². The van der Waals surface area contributed by atoms with Crippen LogP contribution in [0, 0.1) is 5.82 Å². The van der Waals surface area contributed by atoms with Crippen LogP contribution in [0.5, 0.6) is 0 Å². The van der Waals surface area contributed by atoms with Gasteiger partial charge in [-0.15, -0.1) is 0 Å². The molecule has 0 atom stereocenters. The average molecular weight is 395 g/mol. The van der Waals surface area contributed by atoms with Gasteiger partial charge in [-0.1, -0.05) is 0 Å². The summed E-state index contributed by atoms with van der Waals surface area (Å²) in [5, 5.41) is 0. The fourth-order valence-electron chi connectivity index (χ4n) is 3.71. The van der Waals surface area contributed by atoms with Gasteiger partial charge in [0.05, 0.1) is 30.3 Å². The summed E-state index contributed by atoms with van der Waals surface area (Å²) in [7, 11) is 0. The molecule has 8 heteroatoms. The number of ether oxygens (including phenoxy) is 2. The maximum atomic E-state index is 13.5. The molecule has 29 heavy (non-hydrogen) atoms. The molecule has 3 aromatic rings. The van der Waals surface area contributed by atoms with Crippen LogP contribution < -0.4 is 4.90 Å². The zero-order valence-electron chi connectivity index (χ0n) is 16.0. The van der Waals surface area contributed by atoms with Crippen molar-refractivity contribution in [3.63, 3.8) is 0 Å². The predicted octanol–water partition coefficient (Wildman–Crippen LogP) is 3.71. The molecule has 2 saturated heterocycles. The lowest BCUT2D eigenvalue weighted by Gasteiger charge is -2.21. The Morgan fingerprint density at radius 3 is 2.48 bits per heavy atom. The maximum Gasteiger partial charge on any atom is 0.225 e. The van der Waals surface area contributed by atoms with Gasteiger partial charge in [-0.25, -0.2) is 19.3 Å². The summed E-state index contributed by atoms with van der Waals surface area (Å²) in [6, 6.07) is 8.13. The number of nitrogens with one attached hydrogen (secondary N) is 1. The van der Waals surface area contributed by atoms with E-state index in [1.54, 1.807) is 18.3 Å². The second-order valence-corrected chi connectivity index (χ2v) is 7.22. The molecular weight excluding hydrogens is 373 g/mol. The van der Waals surface area contributed by atoms with E-state index in [0.717, 1.165) is 49.3 Å². The Labute approximate surface area is 167 Å². The number of benzene rings is 1. The summed E-state index contributed by atoms with van der Waals surface area (Å²) in [4.78, 5) is 19.5. The first kappa shape index (κ1) is 18.2. The minimum absolute atomic E-state index is 0.289. The minimum atomic E-state index is -0.545. The van der Waals surface area contributed by atoms with E-state index in [1.165, 1.54) is 12.1 Å². The number of halogens is 1. The molecule has 0 radical (unpaired) electrons. The lowest BCUT2D eigenvalue weighted by Crippen LogP contribution is -2.20. The van der Waals surface area contributed by atoms with Crippen molar-refractivity contribution in [2.75, 3.05) is 31.2 Å². The predicted molar refractivity (Wildman–Crippen MR) is 106 cm³/mol. The molecular formula is C21H22FN5O2. The van der Waals surface area contributed by atoms with Crippen LogP contribution in [0.1, 0.15) is 31.4 Å². The normalized spacial score (nSPS) is 17.8. The Morgan fingerprint density at radius 2 is 1.72 bits per heavy atom. The molecule has 0 spiro atoms. The molecule has 0 unspecified atom stereocenters. The van der Waals surface area contributed by atoms with Gasteiger partial charge in [-0.05, 0) is 49.6 Å². The molecule has 2 aromatic heterocycles. The van der Waals surface area contributed by atoms with Crippen LogP contribution in [0.15, 0.2) is 36.5 Å². The molecule has 2 aliphatic heterocycles. The molecule has 7 nitrogen and oxygen atoms in total. The van der Waals surface area contributed by atoms with Crippen LogP contribution >= 0.6 is 0 Å². The summed E-state index contributed by atoms with van der Waals surface area (Å²) < 4.78 is 24.9. The minimum Gasteiger partial charge on any atom is -0.346 e. The molecule has 0 amide bonds. The Hall–Kier alpha value is -2.84. The fraction of sp³-hybridized carbons (Fsp3) is 0.381. The molecule has 5 rings (SSSR count). The van der Waals surface area contributed by atoms with E-state index >= 15 is 0 Å². The van der Waals surface area contributed by atoms with Gasteiger partial charge >= 0.3 is 0 Å². The third-order valence-electron chi connectivity index (χ3n) is 5.18. The van der Waals surface area contributed by atoms with Crippen molar-refractivity contribution in [3.8, 4) is 22.6 Å². The van der Waals surface area contributed by atoms with Crippen molar-refractivity contribution in [1.29, 1.82) is 0 Å². The van der Waals surface area contributed by atoms with Gasteiger partial charge in [0.1, 0.15) is 5.82 Å². The van der Waals surface area contributed by atoms with E-state index in [0.29, 0.717) is 30.7 Å². The van der Waals surface area contributed by atoms with E-state index in [-0.39, 0.29) is 5.82 Å².